The molecule has 0 aliphatic heterocycles. The molecular formula is C20H23N3O3. The number of anilines is 2. The summed E-state index contributed by atoms with van der Waals surface area (Å²) in [5, 5.41) is 8.96. The van der Waals surface area contributed by atoms with E-state index in [1.165, 1.54) is 0 Å². The summed E-state index contributed by atoms with van der Waals surface area (Å²) in [5.74, 6) is -0.766. The van der Waals surface area contributed by atoms with Gasteiger partial charge in [-0.2, -0.15) is 0 Å². The normalized spacial score (nSPS) is 10.6. The van der Waals surface area contributed by atoms with Gasteiger partial charge in [0, 0.05) is 11.4 Å². The maximum absolute atomic E-state index is 11.8. The van der Waals surface area contributed by atoms with E-state index in [1.807, 2.05) is 57.2 Å². The Balaban J connectivity index is 1.77. The van der Waals surface area contributed by atoms with Gasteiger partial charge in [0.05, 0.1) is 0 Å². The zero-order chi connectivity index (χ0) is 18.9. The van der Waals surface area contributed by atoms with Crippen LogP contribution in [0.3, 0.4) is 0 Å². The van der Waals surface area contributed by atoms with Crippen molar-refractivity contribution in [1.82, 2.24) is 0 Å². The van der Waals surface area contributed by atoms with Gasteiger partial charge in [0.25, 0.3) is 11.8 Å². The molecule has 0 fully saturated rings. The van der Waals surface area contributed by atoms with Crippen LogP contribution in [0.1, 0.15) is 23.6 Å². The van der Waals surface area contributed by atoms with E-state index in [-0.39, 0.29) is 12.5 Å². The van der Waals surface area contributed by atoms with Crippen LogP contribution in [0.15, 0.2) is 47.6 Å². The highest BCUT2D eigenvalue weighted by atomic mass is 16.6. The Hall–Kier alpha value is -3.15. The largest absolute Gasteiger partial charge is 0.385 e. The first-order valence-electron chi connectivity index (χ1n) is 8.40. The Bertz CT molecular complexity index is 816. The summed E-state index contributed by atoms with van der Waals surface area (Å²) in [6.45, 7) is 5.66. The number of nitrogens with one attached hydrogen (secondary N) is 2. The molecule has 6 nitrogen and oxygen atoms in total. The number of hydrogen-bond donors (Lipinski definition) is 2. The van der Waals surface area contributed by atoms with Crippen molar-refractivity contribution in [3.63, 3.8) is 0 Å². The van der Waals surface area contributed by atoms with Crippen molar-refractivity contribution in [2.45, 2.75) is 27.2 Å². The van der Waals surface area contributed by atoms with E-state index in [0.717, 1.165) is 29.3 Å². The van der Waals surface area contributed by atoms with Gasteiger partial charge in [0.15, 0.2) is 6.61 Å². The quantitative estimate of drug-likeness (QED) is 0.591. The Morgan fingerprint density at radius 1 is 1.12 bits per heavy atom. The Labute approximate surface area is 153 Å². The molecule has 0 saturated heterocycles. The lowest BCUT2D eigenvalue weighted by Crippen LogP contribution is -2.18. The molecule has 0 saturated carbocycles. The Kier molecular flexibility index (Phi) is 6.91. The second kappa shape index (κ2) is 9.36. The number of carbonyl (C=O) groups excluding carboxylic acids is 2. The topological polar surface area (TPSA) is 79.8 Å². The number of hydrogen-bond acceptors (Lipinski definition) is 4. The fraction of sp³-hybridized carbons (Fsp3) is 0.250. The van der Waals surface area contributed by atoms with Gasteiger partial charge in [0.1, 0.15) is 6.21 Å². The summed E-state index contributed by atoms with van der Waals surface area (Å²) in [7, 11) is 0. The van der Waals surface area contributed by atoms with Gasteiger partial charge in [0.2, 0.25) is 0 Å². The van der Waals surface area contributed by atoms with Crippen molar-refractivity contribution in [3.05, 3.63) is 59.2 Å². The second-order valence-electron chi connectivity index (χ2n) is 5.92. The lowest BCUT2D eigenvalue weighted by atomic mass is 10.1. The molecule has 2 N–H and O–H groups in total. The average molecular weight is 353 g/mol. The third-order valence-corrected chi connectivity index (χ3v) is 3.70. The molecule has 2 aromatic rings. The molecule has 0 aromatic heterocycles. The van der Waals surface area contributed by atoms with Gasteiger partial charge >= 0.3 is 0 Å². The zero-order valence-electron chi connectivity index (χ0n) is 15.2. The maximum atomic E-state index is 11.8. The molecule has 2 amide bonds. The summed E-state index contributed by atoms with van der Waals surface area (Å²) in [6.07, 6.45) is 1.89. The van der Waals surface area contributed by atoms with Gasteiger partial charge in [-0.05, 0) is 49.6 Å². The van der Waals surface area contributed by atoms with Crippen LogP contribution in [0.5, 0.6) is 0 Å². The minimum Gasteiger partial charge on any atom is -0.385 e. The van der Waals surface area contributed by atoms with Gasteiger partial charge in [-0.15, -0.1) is 0 Å². The van der Waals surface area contributed by atoms with Crippen molar-refractivity contribution in [2.75, 3.05) is 17.2 Å². The summed E-state index contributed by atoms with van der Waals surface area (Å²) < 4.78 is 0. The van der Waals surface area contributed by atoms with Gasteiger partial charge in [-0.25, -0.2) is 0 Å². The van der Waals surface area contributed by atoms with E-state index in [9.17, 15) is 9.59 Å². The first kappa shape index (κ1) is 19.2. The highest BCUT2D eigenvalue weighted by molar-refractivity contribution is 6.31. The molecule has 26 heavy (non-hydrogen) atoms. The average Bonchev–Trinajstić information content (AvgIpc) is 2.61. The molecule has 0 unspecified atom stereocenters. The van der Waals surface area contributed by atoms with Crippen LogP contribution in [0.4, 0.5) is 11.4 Å². The maximum Gasteiger partial charge on any atom is 0.270 e. The Morgan fingerprint density at radius 3 is 2.65 bits per heavy atom. The molecule has 2 rings (SSSR count). The molecule has 0 heterocycles. The Morgan fingerprint density at radius 2 is 1.92 bits per heavy atom. The minimum absolute atomic E-state index is 0.274. The number of amides is 2. The van der Waals surface area contributed by atoms with Crippen molar-refractivity contribution in [3.8, 4) is 0 Å². The lowest BCUT2D eigenvalue weighted by molar-refractivity contribution is -0.120. The summed E-state index contributed by atoms with van der Waals surface area (Å²) in [4.78, 5) is 28.5. The molecule has 6 heteroatoms. The fourth-order valence-corrected chi connectivity index (χ4v) is 2.37. The number of carbonyl (C=O) groups is 2. The monoisotopic (exact) mass is 353 g/mol. The summed E-state index contributed by atoms with van der Waals surface area (Å²) in [6, 6.07) is 13.3. The van der Waals surface area contributed by atoms with E-state index >= 15 is 0 Å². The predicted molar refractivity (Wildman–Crippen MR) is 103 cm³/mol. The number of aryl methyl sites for hydroxylation is 3. The number of rotatable bonds is 7. The lowest BCUT2D eigenvalue weighted by Gasteiger charge is -2.07. The highest BCUT2D eigenvalue weighted by Gasteiger charge is 2.05. The van der Waals surface area contributed by atoms with Crippen LogP contribution in [-0.4, -0.2) is 24.6 Å². The fourth-order valence-electron chi connectivity index (χ4n) is 2.37. The van der Waals surface area contributed by atoms with Gasteiger partial charge in [-0.1, -0.05) is 41.9 Å². The van der Waals surface area contributed by atoms with Crippen molar-refractivity contribution >= 4 is 29.4 Å². The molecular weight excluding hydrogens is 330 g/mol. The highest BCUT2D eigenvalue weighted by Crippen LogP contribution is 2.15. The molecule has 0 radical (unpaired) electrons. The molecule has 0 atom stereocenters. The minimum atomic E-state index is -0.423. The number of benzene rings is 2. The first-order chi connectivity index (χ1) is 12.5. The first-order valence-corrected chi connectivity index (χ1v) is 8.40. The van der Waals surface area contributed by atoms with E-state index in [0.29, 0.717) is 11.4 Å². The number of nitrogens with zero attached hydrogens (tertiary/aromatic N) is 1. The van der Waals surface area contributed by atoms with Gasteiger partial charge in [-0.3, -0.25) is 9.59 Å². The van der Waals surface area contributed by atoms with Crippen LogP contribution in [0.25, 0.3) is 0 Å². The van der Waals surface area contributed by atoms with Crippen LogP contribution in [-0.2, 0) is 20.8 Å². The van der Waals surface area contributed by atoms with Gasteiger partial charge < -0.3 is 15.5 Å². The second-order valence-corrected chi connectivity index (χ2v) is 5.92. The predicted octanol–water partition coefficient (Wildman–Crippen LogP) is 3.45. The molecule has 0 aliphatic carbocycles. The third-order valence-electron chi connectivity index (χ3n) is 3.70. The smallest absolute Gasteiger partial charge is 0.270 e. The van der Waals surface area contributed by atoms with Crippen LogP contribution in [0, 0.1) is 13.8 Å². The molecule has 0 aliphatic rings. The molecule has 0 bridgehead atoms. The van der Waals surface area contributed by atoms with Crippen molar-refractivity contribution in [1.29, 1.82) is 0 Å². The van der Waals surface area contributed by atoms with E-state index < -0.39 is 5.91 Å². The summed E-state index contributed by atoms with van der Waals surface area (Å²) in [5.41, 5.74) is 4.62. The number of oxime groups is 1. The van der Waals surface area contributed by atoms with Crippen molar-refractivity contribution in [2.24, 2.45) is 5.16 Å². The van der Waals surface area contributed by atoms with E-state index in [4.69, 9.17) is 4.84 Å². The third kappa shape index (κ3) is 6.05. The molecule has 0 spiro atoms. The van der Waals surface area contributed by atoms with Crippen molar-refractivity contribution < 1.29 is 14.4 Å². The van der Waals surface area contributed by atoms with Crippen LogP contribution < -0.4 is 10.6 Å². The SMILES string of the molecule is CCc1cccc(NC(=O)CO/N=C\C(=O)Nc2ccc(C)cc2C)c1. The molecule has 2 aromatic carbocycles. The molecule has 136 valence electrons. The summed E-state index contributed by atoms with van der Waals surface area (Å²) >= 11 is 0. The van der Waals surface area contributed by atoms with E-state index in [1.54, 1.807) is 6.07 Å². The standard InChI is InChI=1S/C20H23N3O3/c1-4-16-6-5-7-17(11-16)22-20(25)13-26-21-12-19(24)23-18-9-8-14(2)10-15(18)3/h5-12H,4,13H2,1-3H3,(H,22,25)(H,23,24)/b21-12-. The van der Waals surface area contributed by atoms with E-state index in [2.05, 4.69) is 15.8 Å². The zero-order valence-corrected chi connectivity index (χ0v) is 15.2. The van der Waals surface area contributed by atoms with Crippen LogP contribution in [0.2, 0.25) is 0 Å². The van der Waals surface area contributed by atoms with Crippen LogP contribution >= 0.6 is 0 Å².